The van der Waals surface area contributed by atoms with Gasteiger partial charge in [-0.05, 0) is 31.9 Å². The fraction of sp³-hybridized carbons (Fsp3) is 0.429. The largest absolute Gasteiger partial charge is 0.484 e. The number of ether oxygens (including phenoxy) is 1. The fourth-order valence-corrected chi connectivity index (χ4v) is 1.65. The van der Waals surface area contributed by atoms with Gasteiger partial charge in [0, 0.05) is 18.5 Å². The molecule has 1 unspecified atom stereocenters. The highest BCUT2D eigenvalue weighted by molar-refractivity contribution is 5.77. The maximum Gasteiger partial charge on any atom is 0.303 e. The van der Waals surface area contributed by atoms with Crippen LogP contribution in [0.5, 0.6) is 5.75 Å². The zero-order valence-corrected chi connectivity index (χ0v) is 11.3. The highest BCUT2D eigenvalue weighted by atomic mass is 19.1. The standard InChI is InChI=1S/C14H18FNO4/c1-10(4-2-7-14(18)19)16-13(17)9-20-12-6-3-5-11(15)8-12/h3,5-6,8,10H,2,4,7,9H2,1H3,(H,16,17)(H,18,19). The molecule has 6 heteroatoms. The molecule has 20 heavy (non-hydrogen) atoms. The molecule has 1 rings (SSSR count). The van der Waals surface area contributed by atoms with Crippen LogP contribution in [0.4, 0.5) is 4.39 Å². The number of carbonyl (C=O) groups is 2. The van der Waals surface area contributed by atoms with Gasteiger partial charge in [-0.25, -0.2) is 4.39 Å². The van der Waals surface area contributed by atoms with Gasteiger partial charge in [-0.3, -0.25) is 9.59 Å². The van der Waals surface area contributed by atoms with Crippen molar-refractivity contribution in [1.82, 2.24) is 5.32 Å². The summed E-state index contributed by atoms with van der Waals surface area (Å²) in [6, 6.07) is 5.42. The van der Waals surface area contributed by atoms with Gasteiger partial charge in [0.05, 0.1) is 0 Å². The van der Waals surface area contributed by atoms with Crippen LogP contribution < -0.4 is 10.1 Å². The van der Waals surface area contributed by atoms with Crippen molar-refractivity contribution in [2.24, 2.45) is 0 Å². The molecule has 1 atom stereocenters. The van der Waals surface area contributed by atoms with Gasteiger partial charge in [0.15, 0.2) is 6.61 Å². The number of carboxylic acid groups (broad SMARTS) is 1. The molecule has 110 valence electrons. The second-order valence-electron chi connectivity index (χ2n) is 4.50. The number of halogens is 1. The average Bonchev–Trinajstić information content (AvgIpc) is 2.36. The van der Waals surface area contributed by atoms with Crippen molar-refractivity contribution in [2.45, 2.75) is 32.2 Å². The van der Waals surface area contributed by atoms with Crippen molar-refractivity contribution >= 4 is 11.9 Å². The number of benzene rings is 1. The lowest BCUT2D eigenvalue weighted by atomic mass is 10.1. The van der Waals surface area contributed by atoms with Gasteiger partial charge in [0.1, 0.15) is 11.6 Å². The van der Waals surface area contributed by atoms with E-state index >= 15 is 0 Å². The second-order valence-corrected chi connectivity index (χ2v) is 4.50. The van der Waals surface area contributed by atoms with E-state index in [4.69, 9.17) is 9.84 Å². The van der Waals surface area contributed by atoms with Gasteiger partial charge < -0.3 is 15.2 Å². The van der Waals surface area contributed by atoms with Crippen molar-refractivity contribution in [3.05, 3.63) is 30.1 Å². The minimum Gasteiger partial charge on any atom is -0.484 e. The number of hydrogen-bond donors (Lipinski definition) is 2. The lowest BCUT2D eigenvalue weighted by Crippen LogP contribution is -2.36. The summed E-state index contributed by atoms with van der Waals surface area (Å²) in [5.41, 5.74) is 0. The van der Waals surface area contributed by atoms with E-state index in [1.807, 2.05) is 0 Å². The molecule has 0 aliphatic carbocycles. The number of hydrogen-bond acceptors (Lipinski definition) is 3. The fourth-order valence-electron chi connectivity index (χ4n) is 1.65. The number of carbonyl (C=O) groups excluding carboxylic acids is 1. The average molecular weight is 283 g/mol. The van der Waals surface area contributed by atoms with Gasteiger partial charge in [0.2, 0.25) is 0 Å². The summed E-state index contributed by atoms with van der Waals surface area (Å²) in [6.07, 6.45) is 1.17. The maximum absolute atomic E-state index is 12.9. The van der Waals surface area contributed by atoms with E-state index in [0.29, 0.717) is 18.6 Å². The molecule has 0 saturated carbocycles. The zero-order valence-electron chi connectivity index (χ0n) is 11.3. The molecular formula is C14H18FNO4. The minimum atomic E-state index is -0.849. The normalized spacial score (nSPS) is 11.7. The van der Waals surface area contributed by atoms with Crippen molar-refractivity contribution in [1.29, 1.82) is 0 Å². The SMILES string of the molecule is CC(CCCC(=O)O)NC(=O)COc1cccc(F)c1. The minimum absolute atomic E-state index is 0.0833. The van der Waals surface area contributed by atoms with Gasteiger partial charge in [-0.2, -0.15) is 0 Å². The second kappa shape index (κ2) is 8.14. The predicted octanol–water partition coefficient (Wildman–Crippen LogP) is 1.96. The Morgan fingerprint density at radius 3 is 2.85 bits per heavy atom. The third-order valence-electron chi connectivity index (χ3n) is 2.60. The zero-order chi connectivity index (χ0) is 15.0. The van der Waals surface area contributed by atoms with E-state index in [9.17, 15) is 14.0 Å². The summed E-state index contributed by atoms with van der Waals surface area (Å²) in [5.74, 6) is -1.31. The molecular weight excluding hydrogens is 265 g/mol. The molecule has 0 saturated heterocycles. The summed E-state index contributed by atoms with van der Waals surface area (Å²) in [7, 11) is 0. The van der Waals surface area contributed by atoms with Gasteiger partial charge >= 0.3 is 5.97 Å². The first-order valence-corrected chi connectivity index (χ1v) is 6.37. The first kappa shape index (κ1) is 15.9. The Labute approximate surface area is 116 Å². The topological polar surface area (TPSA) is 75.6 Å². The number of nitrogens with one attached hydrogen (secondary N) is 1. The molecule has 0 aliphatic heterocycles. The van der Waals surface area contributed by atoms with Crippen molar-refractivity contribution in [2.75, 3.05) is 6.61 Å². The van der Waals surface area contributed by atoms with Crippen LogP contribution in [0.3, 0.4) is 0 Å². The molecule has 0 spiro atoms. The molecule has 1 aromatic carbocycles. The summed E-state index contributed by atoms with van der Waals surface area (Å²) >= 11 is 0. The Balaban J connectivity index is 2.24. The molecule has 0 aliphatic rings. The summed E-state index contributed by atoms with van der Waals surface area (Å²) in [4.78, 5) is 21.9. The van der Waals surface area contributed by atoms with Crippen LogP contribution >= 0.6 is 0 Å². The van der Waals surface area contributed by atoms with E-state index in [2.05, 4.69) is 5.32 Å². The van der Waals surface area contributed by atoms with E-state index in [1.165, 1.54) is 18.2 Å². The Bertz CT molecular complexity index is 464. The molecule has 2 N–H and O–H groups in total. The Hall–Kier alpha value is -2.11. The van der Waals surface area contributed by atoms with Crippen LogP contribution in [-0.2, 0) is 9.59 Å². The van der Waals surface area contributed by atoms with Crippen LogP contribution in [0.15, 0.2) is 24.3 Å². The summed E-state index contributed by atoms with van der Waals surface area (Å²) in [6.45, 7) is 1.59. The summed E-state index contributed by atoms with van der Waals surface area (Å²) in [5, 5.41) is 11.2. The Morgan fingerprint density at radius 1 is 1.45 bits per heavy atom. The van der Waals surface area contributed by atoms with E-state index in [0.717, 1.165) is 0 Å². The number of rotatable bonds is 8. The Kier molecular flexibility index (Phi) is 6.49. The number of carboxylic acids is 1. The first-order chi connectivity index (χ1) is 9.47. The molecule has 1 amide bonds. The molecule has 0 aromatic heterocycles. The lowest BCUT2D eigenvalue weighted by Gasteiger charge is -2.13. The van der Waals surface area contributed by atoms with Crippen LogP contribution in [0.1, 0.15) is 26.2 Å². The lowest BCUT2D eigenvalue weighted by molar-refractivity contribution is -0.137. The first-order valence-electron chi connectivity index (χ1n) is 6.37. The highest BCUT2D eigenvalue weighted by Gasteiger charge is 2.09. The van der Waals surface area contributed by atoms with Crippen LogP contribution in [0.25, 0.3) is 0 Å². The van der Waals surface area contributed by atoms with Gasteiger partial charge in [-0.1, -0.05) is 6.07 Å². The van der Waals surface area contributed by atoms with Crippen molar-refractivity contribution < 1.29 is 23.8 Å². The van der Waals surface area contributed by atoms with Crippen LogP contribution in [-0.4, -0.2) is 29.6 Å². The highest BCUT2D eigenvalue weighted by Crippen LogP contribution is 2.11. The van der Waals surface area contributed by atoms with E-state index in [1.54, 1.807) is 13.0 Å². The number of aliphatic carboxylic acids is 1. The molecule has 0 heterocycles. The van der Waals surface area contributed by atoms with E-state index in [-0.39, 0.29) is 25.0 Å². The quantitative estimate of drug-likeness (QED) is 0.764. The molecule has 1 aromatic rings. The monoisotopic (exact) mass is 283 g/mol. The molecule has 5 nitrogen and oxygen atoms in total. The molecule has 0 radical (unpaired) electrons. The third kappa shape index (κ3) is 6.72. The van der Waals surface area contributed by atoms with Crippen LogP contribution in [0, 0.1) is 5.82 Å². The number of amides is 1. The van der Waals surface area contributed by atoms with Gasteiger partial charge in [-0.15, -0.1) is 0 Å². The van der Waals surface area contributed by atoms with Crippen LogP contribution in [0.2, 0.25) is 0 Å². The summed E-state index contributed by atoms with van der Waals surface area (Å²) < 4.78 is 18.0. The Morgan fingerprint density at radius 2 is 2.20 bits per heavy atom. The third-order valence-corrected chi connectivity index (χ3v) is 2.60. The molecule has 0 bridgehead atoms. The van der Waals surface area contributed by atoms with Crippen molar-refractivity contribution in [3.63, 3.8) is 0 Å². The smallest absolute Gasteiger partial charge is 0.303 e. The van der Waals surface area contributed by atoms with Crippen molar-refractivity contribution in [3.8, 4) is 5.75 Å². The maximum atomic E-state index is 12.9. The van der Waals surface area contributed by atoms with Gasteiger partial charge in [0.25, 0.3) is 5.91 Å². The molecule has 0 fully saturated rings. The predicted molar refractivity (Wildman–Crippen MR) is 71.0 cm³/mol. The van der Waals surface area contributed by atoms with E-state index < -0.39 is 11.8 Å².